The van der Waals surface area contributed by atoms with Crippen molar-refractivity contribution in [1.29, 1.82) is 0 Å². The Morgan fingerprint density at radius 1 is 1.38 bits per heavy atom. The van der Waals surface area contributed by atoms with Crippen LogP contribution in [-0.4, -0.2) is 22.9 Å². The third kappa shape index (κ3) is 1.87. The number of hydrogen-bond donors (Lipinski definition) is 3. The molecule has 3 N–H and O–H groups in total. The maximum Gasteiger partial charge on any atom is 0.138 e. The molecule has 0 saturated heterocycles. The summed E-state index contributed by atoms with van der Waals surface area (Å²) in [6, 6.07) is 5.34. The van der Waals surface area contributed by atoms with Gasteiger partial charge in [0.05, 0.1) is 11.8 Å². The van der Waals surface area contributed by atoms with E-state index in [0.29, 0.717) is 13.0 Å². The monoisotopic (exact) mass is 201 g/mol. The van der Waals surface area contributed by atoms with Crippen LogP contribution in [0.3, 0.4) is 0 Å². The number of rotatable bonds is 0. The molecule has 1 aromatic rings. The van der Waals surface area contributed by atoms with Crippen LogP contribution in [-0.2, 0) is 6.42 Å². The normalized spacial score (nSPS) is 19.6. The van der Waals surface area contributed by atoms with Crippen molar-refractivity contribution in [3.63, 3.8) is 0 Å². The van der Waals surface area contributed by atoms with Crippen molar-refractivity contribution in [2.24, 2.45) is 0 Å². The summed E-state index contributed by atoms with van der Waals surface area (Å²) >= 11 is 0. The lowest BCUT2D eigenvalue weighted by Crippen LogP contribution is -2.27. The number of anilines is 1. The minimum Gasteiger partial charge on any atom is -0.506 e. The van der Waals surface area contributed by atoms with E-state index in [4.69, 9.17) is 0 Å². The Bertz CT molecular complexity index is 304. The summed E-state index contributed by atoms with van der Waals surface area (Å²) in [6.45, 7) is 0.518. The molecule has 1 heterocycles. The molecule has 3 nitrogen and oxygen atoms in total. The van der Waals surface area contributed by atoms with Gasteiger partial charge >= 0.3 is 0 Å². The summed E-state index contributed by atoms with van der Waals surface area (Å²) in [7, 11) is 0. The fourth-order valence-corrected chi connectivity index (χ4v) is 1.51. The van der Waals surface area contributed by atoms with Crippen LogP contribution in [0.2, 0.25) is 0 Å². The van der Waals surface area contributed by atoms with E-state index in [0.717, 1.165) is 11.3 Å². The minimum atomic E-state index is -0.334. The van der Waals surface area contributed by atoms with Crippen molar-refractivity contribution in [2.45, 2.75) is 12.5 Å². The molecule has 13 heavy (non-hydrogen) atoms. The number of benzene rings is 1. The number of β-amino-alcohol motifs (C(OH)–C–C–N with tert-alkyl or cyclic N) is 1. The topological polar surface area (TPSA) is 52.5 Å². The number of fused-ring (bicyclic) bond motifs is 1. The molecule has 1 aliphatic heterocycles. The Hall–Kier alpha value is -0.930. The average Bonchev–Trinajstić information content (AvgIpc) is 2.04. The van der Waals surface area contributed by atoms with E-state index >= 15 is 0 Å². The van der Waals surface area contributed by atoms with Gasteiger partial charge in [0.1, 0.15) is 5.75 Å². The van der Waals surface area contributed by atoms with Crippen molar-refractivity contribution in [2.75, 3.05) is 11.9 Å². The van der Waals surface area contributed by atoms with Crippen molar-refractivity contribution in [3.05, 3.63) is 23.8 Å². The fraction of sp³-hybridized carbons (Fsp3) is 0.333. The fourth-order valence-electron chi connectivity index (χ4n) is 1.51. The molecule has 2 rings (SSSR count). The number of aromatic hydroxyl groups is 1. The number of aliphatic hydroxyl groups excluding tert-OH is 1. The van der Waals surface area contributed by atoms with Crippen LogP contribution >= 0.6 is 12.4 Å². The molecule has 0 aromatic heterocycles. The number of para-hydroxylation sites is 1. The molecule has 1 aromatic carbocycles. The van der Waals surface area contributed by atoms with E-state index < -0.39 is 0 Å². The molecule has 1 aliphatic rings. The van der Waals surface area contributed by atoms with Gasteiger partial charge in [0, 0.05) is 13.0 Å². The SMILES string of the molecule is Cl.Oc1cccc2c1NCC(O)C2. The van der Waals surface area contributed by atoms with Gasteiger partial charge in [0.15, 0.2) is 0 Å². The summed E-state index contributed by atoms with van der Waals surface area (Å²) in [5, 5.41) is 21.7. The third-order valence-electron chi connectivity index (χ3n) is 2.10. The van der Waals surface area contributed by atoms with Gasteiger partial charge < -0.3 is 15.5 Å². The second kappa shape index (κ2) is 3.85. The summed E-state index contributed by atoms with van der Waals surface area (Å²) in [5.74, 6) is 0.263. The molecule has 0 amide bonds. The smallest absolute Gasteiger partial charge is 0.138 e. The first-order chi connectivity index (χ1) is 5.77. The highest BCUT2D eigenvalue weighted by Gasteiger charge is 2.17. The number of phenols is 1. The van der Waals surface area contributed by atoms with Crippen LogP contribution in [0.25, 0.3) is 0 Å². The van der Waals surface area contributed by atoms with Gasteiger partial charge in [-0.1, -0.05) is 12.1 Å². The van der Waals surface area contributed by atoms with Gasteiger partial charge in [-0.3, -0.25) is 0 Å². The highest BCUT2D eigenvalue weighted by Crippen LogP contribution is 2.30. The van der Waals surface area contributed by atoms with Crippen LogP contribution in [0.1, 0.15) is 5.56 Å². The molecule has 0 spiro atoms. The molecule has 0 fully saturated rings. The molecule has 72 valence electrons. The maximum atomic E-state index is 9.40. The molecular formula is C9H12ClNO2. The van der Waals surface area contributed by atoms with E-state index in [2.05, 4.69) is 5.32 Å². The Labute approximate surface area is 82.8 Å². The molecular weight excluding hydrogens is 190 g/mol. The summed E-state index contributed by atoms with van der Waals surface area (Å²) in [5.41, 5.74) is 1.75. The number of hydrogen-bond acceptors (Lipinski definition) is 3. The second-order valence-corrected chi connectivity index (χ2v) is 3.05. The van der Waals surface area contributed by atoms with E-state index in [9.17, 15) is 10.2 Å². The van der Waals surface area contributed by atoms with Crippen LogP contribution < -0.4 is 5.32 Å². The van der Waals surface area contributed by atoms with Crippen LogP contribution in [0, 0.1) is 0 Å². The van der Waals surface area contributed by atoms with Crippen molar-refractivity contribution in [1.82, 2.24) is 0 Å². The standard InChI is InChI=1S/C9H11NO2.ClH/c11-7-4-6-2-1-3-8(12)9(6)10-5-7;/h1-3,7,10-12H,4-5H2;1H. The molecule has 1 atom stereocenters. The van der Waals surface area contributed by atoms with Crippen LogP contribution in [0.5, 0.6) is 5.75 Å². The molecule has 1 unspecified atom stereocenters. The van der Waals surface area contributed by atoms with E-state index in [1.807, 2.05) is 6.07 Å². The zero-order valence-electron chi connectivity index (χ0n) is 7.03. The second-order valence-electron chi connectivity index (χ2n) is 3.05. The largest absolute Gasteiger partial charge is 0.506 e. The summed E-state index contributed by atoms with van der Waals surface area (Å²) in [6.07, 6.45) is 0.288. The Morgan fingerprint density at radius 3 is 2.92 bits per heavy atom. The van der Waals surface area contributed by atoms with Gasteiger partial charge in [0.2, 0.25) is 0 Å². The predicted octanol–water partition coefficient (Wildman–Crippen LogP) is 1.14. The van der Waals surface area contributed by atoms with Crippen molar-refractivity contribution in [3.8, 4) is 5.75 Å². The molecule has 0 bridgehead atoms. The zero-order chi connectivity index (χ0) is 8.55. The van der Waals surface area contributed by atoms with Gasteiger partial charge in [-0.2, -0.15) is 0 Å². The predicted molar refractivity (Wildman–Crippen MR) is 53.6 cm³/mol. The number of halogens is 1. The molecule has 4 heteroatoms. The third-order valence-corrected chi connectivity index (χ3v) is 2.10. The van der Waals surface area contributed by atoms with Crippen LogP contribution in [0.4, 0.5) is 5.69 Å². The Kier molecular flexibility index (Phi) is 3.01. The number of nitrogens with one attached hydrogen (secondary N) is 1. The summed E-state index contributed by atoms with van der Waals surface area (Å²) < 4.78 is 0. The van der Waals surface area contributed by atoms with Gasteiger partial charge in [-0.15, -0.1) is 12.4 Å². The lowest BCUT2D eigenvalue weighted by molar-refractivity contribution is 0.184. The highest BCUT2D eigenvalue weighted by molar-refractivity contribution is 5.85. The zero-order valence-corrected chi connectivity index (χ0v) is 7.84. The highest BCUT2D eigenvalue weighted by atomic mass is 35.5. The Balaban J connectivity index is 0.000000845. The molecule has 0 aliphatic carbocycles. The maximum absolute atomic E-state index is 9.40. The Morgan fingerprint density at radius 2 is 2.15 bits per heavy atom. The first-order valence-corrected chi connectivity index (χ1v) is 4.00. The number of aliphatic hydroxyl groups is 1. The van der Waals surface area contributed by atoms with Gasteiger partial charge in [0.25, 0.3) is 0 Å². The van der Waals surface area contributed by atoms with Crippen molar-refractivity contribution >= 4 is 18.1 Å². The summed E-state index contributed by atoms with van der Waals surface area (Å²) in [4.78, 5) is 0. The molecule has 0 radical (unpaired) electrons. The van der Waals surface area contributed by atoms with Gasteiger partial charge in [-0.05, 0) is 11.6 Å². The van der Waals surface area contributed by atoms with E-state index in [-0.39, 0.29) is 24.3 Å². The van der Waals surface area contributed by atoms with E-state index in [1.165, 1.54) is 0 Å². The lowest BCUT2D eigenvalue weighted by atomic mass is 10.0. The van der Waals surface area contributed by atoms with E-state index in [1.54, 1.807) is 12.1 Å². The van der Waals surface area contributed by atoms with Gasteiger partial charge in [-0.25, -0.2) is 0 Å². The average molecular weight is 202 g/mol. The molecule has 0 saturated carbocycles. The van der Waals surface area contributed by atoms with Crippen LogP contribution in [0.15, 0.2) is 18.2 Å². The minimum absolute atomic E-state index is 0. The first-order valence-electron chi connectivity index (χ1n) is 4.00. The van der Waals surface area contributed by atoms with Crippen molar-refractivity contribution < 1.29 is 10.2 Å². The first kappa shape index (κ1) is 10.2. The number of phenolic OH excluding ortho intramolecular Hbond substituents is 1. The lowest BCUT2D eigenvalue weighted by Gasteiger charge is -2.22. The quantitative estimate of drug-likeness (QED) is 0.552.